The fraction of sp³-hybridized carbons (Fsp3) is 0.308. The van der Waals surface area contributed by atoms with Gasteiger partial charge in [-0.05, 0) is 71.5 Å². The van der Waals surface area contributed by atoms with Crippen LogP contribution in [0.25, 0.3) is 43.4 Å². The molecule has 0 unspecified atom stereocenters. The van der Waals surface area contributed by atoms with Gasteiger partial charge in [-0.1, -0.05) is 84.0 Å². The number of hydrogen-bond acceptors (Lipinski definition) is 0. The Labute approximate surface area is 155 Å². The maximum atomic E-state index is 2.44. The normalized spacial score (nSPS) is 13.8. The van der Waals surface area contributed by atoms with Crippen LogP contribution in [0.1, 0.15) is 52.7 Å². The smallest absolute Gasteiger partial charge is 0.00112 e. The van der Waals surface area contributed by atoms with Crippen molar-refractivity contribution in [2.75, 3.05) is 0 Å². The van der Waals surface area contributed by atoms with Crippen LogP contribution in [-0.2, 0) is 10.8 Å². The Bertz CT molecular complexity index is 1220. The topological polar surface area (TPSA) is 0 Å². The lowest BCUT2D eigenvalue weighted by atomic mass is 9.79. The van der Waals surface area contributed by atoms with Crippen molar-refractivity contribution in [3.8, 4) is 11.1 Å². The molecular formula is C26H26. The zero-order valence-electron chi connectivity index (χ0n) is 16.6. The molecule has 0 radical (unpaired) electrons. The summed E-state index contributed by atoms with van der Waals surface area (Å²) in [4.78, 5) is 0. The van der Waals surface area contributed by atoms with Crippen molar-refractivity contribution in [1.29, 1.82) is 0 Å². The van der Waals surface area contributed by atoms with E-state index in [1.54, 1.807) is 0 Å². The molecule has 0 spiro atoms. The lowest BCUT2D eigenvalue weighted by Crippen LogP contribution is -2.13. The predicted molar refractivity (Wildman–Crippen MR) is 115 cm³/mol. The molecule has 0 bridgehead atoms. The summed E-state index contributed by atoms with van der Waals surface area (Å²) < 4.78 is 0. The summed E-state index contributed by atoms with van der Waals surface area (Å²) in [5.74, 6) is 0. The van der Waals surface area contributed by atoms with Crippen LogP contribution < -0.4 is 0 Å². The first-order chi connectivity index (χ1) is 12.2. The number of fused-ring (bicyclic) bond motifs is 1. The average molecular weight is 338 g/mol. The van der Waals surface area contributed by atoms with E-state index in [0.717, 1.165) is 0 Å². The molecule has 5 rings (SSSR count). The van der Waals surface area contributed by atoms with Crippen molar-refractivity contribution >= 4 is 32.3 Å². The van der Waals surface area contributed by atoms with Gasteiger partial charge in [0.2, 0.25) is 0 Å². The molecule has 0 heterocycles. The van der Waals surface area contributed by atoms with E-state index in [0.29, 0.717) is 0 Å². The third-order valence-electron chi connectivity index (χ3n) is 6.01. The SMILES string of the molecule is CC(C)(C)c1ccc2cc(C(C)(C)C)c3ccc4cccc5c4c3c2c1-5. The highest BCUT2D eigenvalue weighted by Gasteiger charge is 2.29. The van der Waals surface area contributed by atoms with Gasteiger partial charge in [0.05, 0.1) is 0 Å². The van der Waals surface area contributed by atoms with Crippen LogP contribution in [0.3, 0.4) is 0 Å². The zero-order chi connectivity index (χ0) is 18.4. The van der Waals surface area contributed by atoms with E-state index in [2.05, 4.69) is 90.1 Å². The lowest BCUT2D eigenvalue weighted by molar-refractivity contribution is 0.592. The second-order valence-corrected chi connectivity index (χ2v) is 9.90. The van der Waals surface area contributed by atoms with Crippen LogP contribution in [0.4, 0.5) is 0 Å². The summed E-state index contributed by atoms with van der Waals surface area (Å²) >= 11 is 0. The first-order valence-electron chi connectivity index (χ1n) is 9.64. The van der Waals surface area contributed by atoms with Crippen molar-refractivity contribution in [3.63, 3.8) is 0 Å². The highest BCUT2D eigenvalue weighted by Crippen LogP contribution is 2.52. The van der Waals surface area contributed by atoms with Gasteiger partial charge in [-0.25, -0.2) is 0 Å². The molecule has 0 nitrogen and oxygen atoms in total. The summed E-state index contributed by atoms with van der Waals surface area (Å²) in [6, 6.07) is 18.6. The van der Waals surface area contributed by atoms with Crippen LogP contribution in [-0.4, -0.2) is 0 Å². The fourth-order valence-electron chi connectivity index (χ4n) is 4.84. The standard InChI is InChI=1S/C26H26/c1-25(2,3)19-13-11-16-14-20(26(4,5)6)17-12-10-15-8-7-9-18-21(15)24(17)22(16)23(18)19/h7-14H,1-6H3. The van der Waals surface area contributed by atoms with Gasteiger partial charge in [0, 0.05) is 0 Å². The van der Waals surface area contributed by atoms with Crippen molar-refractivity contribution in [1.82, 2.24) is 0 Å². The molecule has 1 aliphatic carbocycles. The Morgan fingerprint density at radius 1 is 0.577 bits per heavy atom. The number of benzene rings is 4. The highest BCUT2D eigenvalue weighted by molar-refractivity contribution is 6.34. The van der Waals surface area contributed by atoms with Crippen LogP contribution >= 0.6 is 0 Å². The van der Waals surface area contributed by atoms with Crippen molar-refractivity contribution < 1.29 is 0 Å². The van der Waals surface area contributed by atoms with E-state index in [1.807, 2.05) is 0 Å². The number of rotatable bonds is 0. The minimum atomic E-state index is 0.127. The summed E-state index contributed by atoms with van der Waals surface area (Å²) in [5, 5.41) is 8.56. The summed E-state index contributed by atoms with van der Waals surface area (Å²) in [7, 11) is 0. The van der Waals surface area contributed by atoms with E-state index in [4.69, 9.17) is 0 Å². The molecule has 0 aromatic heterocycles. The zero-order valence-corrected chi connectivity index (χ0v) is 16.6. The largest absolute Gasteiger partial charge is 0.0610 e. The van der Waals surface area contributed by atoms with E-state index in [9.17, 15) is 0 Å². The molecule has 4 aromatic rings. The highest BCUT2D eigenvalue weighted by atomic mass is 14.3. The van der Waals surface area contributed by atoms with Gasteiger partial charge in [0.25, 0.3) is 0 Å². The van der Waals surface area contributed by atoms with Gasteiger partial charge in [-0.3, -0.25) is 0 Å². The Morgan fingerprint density at radius 3 is 1.96 bits per heavy atom. The third-order valence-corrected chi connectivity index (χ3v) is 6.01. The van der Waals surface area contributed by atoms with Crippen molar-refractivity contribution in [2.45, 2.75) is 52.4 Å². The van der Waals surface area contributed by atoms with E-state index >= 15 is 0 Å². The second-order valence-electron chi connectivity index (χ2n) is 9.90. The Balaban J connectivity index is 2.12. The predicted octanol–water partition coefficient (Wildman–Crippen LogP) is 7.72. The first kappa shape index (κ1) is 15.9. The van der Waals surface area contributed by atoms with Gasteiger partial charge in [0.1, 0.15) is 0 Å². The van der Waals surface area contributed by atoms with Gasteiger partial charge >= 0.3 is 0 Å². The summed E-state index contributed by atoms with van der Waals surface area (Å²) in [6.45, 7) is 14.0. The van der Waals surface area contributed by atoms with Gasteiger partial charge in [-0.2, -0.15) is 0 Å². The quantitative estimate of drug-likeness (QED) is 0.253. The molecule has 0 N–H and O–H groups in total. The van der Waals surface area contributed by atoms with Crippen LogP contribution in [0, 0.1) is 0 Å². The molecule has 130 valence electrons. The first-order valence-corrected chi connectivity index (χ1v) is 9.64. The van der Waals surface area contributed by atoms with E-state index in [-0.39, 0.29) is 10.8 Å². The summed E-state index contributed by atoms with van der Waals surface area (Å²) in [6.07, 6.45) is 0. The van der Waals surface area contributed by atoms with E-state index in [1.165, 1.54) is 54.6 Å². The monoisotopic (exact) mass is 338 g/mol. The van der Waals surface area contributed by atoms with Crippen LogP contribution in [0.5, 0.6) is 0 Å². The molecule has 0 fully saturated rings. The molecule has 1 aliphatic rings. The van der Waals surface area contributed by atoms with Crippen molar-refractivity contribution in [3.05, 3.63) is 59.7 Å². The molecular weight excluding hydrogens is 312 g/mol. The Hall–Kier alpha value is -2.34. The van der Waals surface area contributed by atoms with Crippen LogP contribution in [0.15, 0.2) is 48.5 Å². The molecule has 0 aliphatic heterocycles. The molecule has 4 aromatic carbocycles. The van der Waals surface area contributed by atoms with Gasteiger partial charge in [-0.15, -0.1) is 0 Å². The molecule has 0 amide bonds. The van der Waals surface area contributed by atoms with Crippen LogP contribution in [0.2, 0.25) is 0 Å². The van der Waals surface area contributed by atoms with E-state index < -0.39 is 0 Å². The Morgan fingerprint density at radius 2 is 1.27 bits per heavy atom. The average Bonchev–Trinajstić information content (AvgIpc) is 2.91. The van der Waals surface area contributed by atoms with Gasteiger partial charge < -0.3 is 0 Å². The minimum absolute atomic E-state index is 0.127. The van der Waals surface area contributed by atoms with Gasteiger partial charge in [0.15, 0.2) is 0 Å². The molecule has 0 saturated carbocycles. The molecule has 0 saturated heterocycles. The fourth-order valence-corrected chi connectivity index (χ4v) is 4.84. The maximum absolute atomic E-state index is 2.44. The molecule has 0 heteroatoms. The second kappa shape index (κ2) is 4.68. The minimum Gasteiger partial charge on any atom is -0.0610 e. The molecule has 26 heavy (non-hydrogen) atoms. The summed E-state index contributed by atoms with van der Waals surface area (Å²) in [5.41, 5.74) is 6.05. The lowest BCUT2D eigenvalue weighted by Gasteiger charge is -2.25. The maximum Gasteiger partial charge on any atom is -0.00112 e. The number of hydrogen-bond donors (Lipinski definition) is 0. The van der Waals surface area contributed by atoms with Crippen molar-refractivity contribution in [2.24, 2.45) is 0 Å². The third kappa shape index (κ3) is 1.91. The Kier molecular flexibility index (Phi) is 2.86. The molecule has 0 atom stereocenters.